The standard InChI is InChI=1S/C42H37N3O2/c1-29-13-9-11-19-36(29)37-23-21-33(25-30(37)2)42(47)45-28-35-22-24-40(44(35)27-34-18-10-12-20-39(34)45)41(46)43-26-38(31-14-5-3-6-15-31)32-16-7-4-8-17-32/h3-25,38H,26-28H2,1-2H3,(H,43,46). The van der Waals surface area contributed by atoms with Crippen LogP contribution in [0.25, 0.3) is 11.1 Å². The van der Waals surface area contributed by atoms with E-state index in [0.717, 1.165) is 39.2 Å². The molecule has 2 heterocycles. The fourth-order valence-electron chi connectivity index (χ4n) is 6.75. The first-order valence-electron chi connectivity index (χ1n) is 16.1. The number of benzene rings is 5. The summed E-state index contributed by atoms with van der Waals surface area (Å²) in [5, 5.41) is 3.23. The lowest BCUT2D eigenvalue weighted by Crippen LogP contribution is -2.31. The summed E-state index contributed by atoms with van der Waals surface area (Å²) < 4.78 is 2.05. The number of amides is 2. The maximum atomic E-state index is 14.2. The first kappa shape index (κ1) is 30.0. The maximum Gasteiger partial charge on any atom is 0.267 e. The molecule has 2 amide bonds. The van der Waals surface area contributed by atoms with Gasteiger partial charge in [-0.1, -0.05) is 109 Å². The second-order valence-corrected chi connectivity index (χ2v) is 12.2. The Morgan fingerprint density at radius 3 is 2.00 bits per heavy atom. The molecule has 47 heavy (non-hydrogen) atoms. The molecule has 7 rings (SSSR count). The highest BCUT2D eigenvalue weighted by atomic mass is 16.2. The molecule has 0 radical (unpaired) electrons. The monoisotopic (exact) mass is 615 g/mol. The van der Waals surface area contributed by atoms with Crippen LogP contribution in [0, 0.1) is 13.8 Å². The summed E-state index contributed by atoms with van der Waals surface area (Å²) in [6, 6.07) is 46.7. The van der Waals surface area contributed by atoms with Crippen LogP contribution in [0.2, 0.25) is 0 Å². The molecule has 5 nitrogen and oxygen atoms in total. The molecule has 1 aliphatic heterocycles. The highest BCUT2D eigenvalue weighted by Crippen LogP contribution is 2.32. The number of hydrogen-bond donors (Lipinski definition) is 1. The normalized spacial score (nSPS) is 12.3. The van der Waals surface area contributed by atoms with Gasteiger partial charge in [0.2, 0.25) is 0 Å². The van der Waals surface area contributed by atoms with Crippen molar-refractivity contribution in [2.75, 3.05) is 11.4 Å². The number of anilines is 1. The number of fused-ring (bicyclic) bond motifs is 2. The average molecular weight is 616 g/mol. The first-order chi connectivity index (χ1) is 23.0. The van der Waals surface area contributed by atoms with Crippen molar-refractivity contribution in [3.8, 4) is 11.1 Å². The van der Waals surface area contributed by atoms with Crippen LogP contribution < -0.4 is 10.2 Å². The van der Waals surface area contributed by atoms with Crippen molar-refractivity contribution < 1.29 is 9.59 Å². The molecule has 6 aromatic rings. The molecule has 0 unspecified atom stereocenters. The van der Waals surface area contributed by atoms with Gasteiger partial charge in [0.25, 0.3) is 11.8 Å². The average Bonchev–Trinajstić information content (AvgIpc) is 3.42. The van der Waals surface area contributed by atoms with Crippen molar-refractivity contribution in [2.24, 2.45) is 0 Å². The van der Waals surface area contributed by atoms with E-state index in [2.05, 4.69) is 61.6 Å². The minimum absolute atomic E-state index is 0.0226. The molecule has 0 spiro atoms. The van der Waals surface area contributed by atoms with E-state index < -0.39 is 0 Å². The predicted molar refractivity (Wildman–Crippen MR) is 189 cm³/mol. The largest absolute Gasteiger partial charge is 0.350 e. The van der Waals surface area contributed by atoms with E-state index in [1.54, 1.807) is 0 Å². The van der Waals surface area contributed by atoms with E-state index in [1.165, 1.54) is 11.1 Å². The number of carbonyl (C=O) groups is 2. The predicted octanol–water partition coefficient (Wildman–Crippen LogP) is 8.54. The summed E-state index contributed by atoms with van der Waals surface area (Å²) in [6.07, 6.45) is 0. The molecule has 0 bridgehead atoms. The van der Waals surface area contributed by atoms with E-state index >= 15 is 0 Å². The Morgan fingerprint density at radius 1 is 0.660 bits per heavy atom. The molecular weight excluding hydrogens is 578 g/mol. The summed E-state index contributed by atoms with van der Waals surface area (Å²) >= 11 is 0. The van der Waals surface area contributed by atoms with Crippen LogP contribution in [0.1, 0.15) is 60.3 Å². The van der Waals surface area contributed by atoms with Gasteiger partial charge in [-0.15, -0.1) is 0 Å². The van der Waals surface area contributed by atoms with Gasteiger partial charge in [-0.25, -0.2) is 0 Å². The molecule has 0 saturated heterocycles. The summed E-state index contributed by atoms with van der Waals surface area (Å²) in [6.45, 7) is 5.49. The van der Waals surface area contributed by atoms with Crippen molar-refractivity contribution in [3.63, 3.8) is 0 Å². The van der Waals surface area contributed by atoms with Crippen molar-refractivity contribution in [2.45, 2.75) is 32.9 Å². The Morgan fingerprint density at radius 2 is 1.30 bits per heavy atom. The molecule has 1 aromatic heterocycles. The van der Waals surface area contributed by atoms with E-state index in [-0.39, 0.29) is 17.7 Å². The molecule has 0 fully saturated rings. The highest BCUT2D eigenvalue weighted by Gasteiger charge is 2.28. The van der Waals surface area contributed by atoms with Crippen LogP contribution in [0.5, 0.6) is 0 Å². The summed E-state index contributed by atoms with van der Waals surface area (Å²) in [7, 11) is 0. The van der Waals surface area contributed by atoms with Gasteiger partial charge in [0, 0.05) is 29.4 Å². The molecule has 1 N–H and O–H groups in total. The SMILES string of the molecule is Cc1ccccc1-c1ccc(C(=O)N2Cc3ccc(C(=O)NCC(c4ccccc4)c4ccccc4)n3Cc3ccccc32)cc1C. The van der Waals surface area contributed by atoms with Crippen LogP contribution in [0.4, 0.5) is 5.69 Å². The number of aromatic nitrogens is 1. The van der Waals surface area contributed by atoms with Crippen molar-refractivity contribution in [1.29, 1.82) is 0 Å². The molecule has 0 atom stereocenters. The fourth-order valence-corrected chi connectivity index (χ4v) is 6.75. The van der Waals surface area contributed by atoms with Gasteiger partial charge in [0.05, 0.1) is 13.1 Å². The Labute approximate surface area is 276 Å². The molecule has 1 aliphatic rings. The first-order valence-corrected chi connectivity index (χ1v) is 16.1. The Hall–Kier alpha value is -5.68. The Bertz CT molecular complexity index is 2020. The number of rotatable bonds is 7. The minimum atomic E-state index is -0.132. The van der Waals surface area contributed by atoms with Crippen LogP contribution in [0.15, 0.2) is 140 Å². The molecule has 0 aliphatic carbocycles. The van der Waals surface area contributed by atoms with Crippen LogP contribution in [-0.2, 0) is 13.1 Å². The van der Waals surface area contributed by atoms with Crippen LogP contribution >= 0.6 is 0 Å². The summed E-state index contributed by atoms with van der Waals surface area (Å²) in [5.74, 6) is -0.173. The van der Waals surface area contributed by atoms with Gasteiger partial charge in [-0.2, -0.15) is 0 Å². The zero-order valence-electron chi connectivity index (χ0n) is 26.7. The molecule has 5 heteroatoms. The fraction of sp³-hybridized carbons (Fsp3) is 0.143. The number of carbonyl (C=O) groups excluding carboxylic acids is 2. The number of hydrogen-bond acceptors (Lipinski definition) is 2. The second kappa shape index (κ2) is 13.0. The summed E-state index contributed by atoms with van der Waals surface area (Å²) in [5.41, 5.74) is 10.8. The number of nitrogens with zero attached hydrogens (tertiary/aromatic N) is 2. The molecule has 232 valence electrons. The van der Waals surface area contributed by atoms with Gasteiger partial charge in [-0.05, 0) is 83.1 Å². The third kappa shape index (κ3) is 6.00. The van der Waals surface area contributed by atoms with Crippen molar-refractivity contribution >= 4 is 17.5 Å². The number of para-hydroxylation sites is 1. The smallest absolute Gasteiger partial charge is 0.267 e. The summed E-state index contributed by atoms with van der Waals surface area (Å²) in [4.78, 5) is 29.9. The van der Waals surface area contributed by atoms with Crippen molar-refractivity contribution in [3.05, 3.63) is 184 Å². The lowest BCUT2D eigenvalue weighted by molar-refractivity contribution is 0.0942. The van der Waals surface area contributed by atoms with Gasteiger partial charge < -0.3 is 14.8 Å². The van der Waals surface area contributed by atoms with E-state index in [4.69, 9.17) is 0 Å². The van der Waals surface area contributed by atoms with Gasteiger partial charge in [0.15, 0.2) is 0 Å². The second-order valence-electron chi connectivity index (χ2n) is 12.2. The van der Waals surface area contributed by atoms with Gasteiger partial charge in [0.1, 0.15) is 5.69 Å². The lowest BCUT2D eigenvalue weighted by atomic mass is 9.91. The van der Waals surface area contributed by atoms with Crippen LogP contribution in [0.3, 0.4) is 0 Å². The number of nitrogens with one attached hydrogen (secondary N) is 1. The quantitative estimate of drug-likeness (QED) is 0.196. The van der Waals surface area contributed by atoms with Gasteiger partial charge in [-0.3, -0.25) is 9.59 Å². The number of aryl methyl sites for hydroxylation is 2. The van der Waals surface area contributed by atoms with E-state index in [1.807, 2.05) is 107 Å². The Balaban J connectivity index is 1.16. The van der Waals surface area contributed by atoms with Crippen LogP contribution in [-0.4, -0.2) is 22.9 Å². The third-order valence-electron chi connectivity index (χ3n) is 9.26. The van der Waals surface area contributed by atoms with Crippen molar-refractivity contribution in [1.82, 2.24) is 9.88 Å². The Kier molecular flexibility index (Phi) is 8.28. The highest BCUT2D eigenvalue weighted by molar-refractivity contribution is 6.07. The lowest BCUT2D eigenvalue weighted by Gasteiger charge is -2.23. The molecule has 5 aromatic carbocycles. The zero-order valence-corrected chi connectivity index (χ0v) is 26.7. The molecular formula is C42H37N3O2. The zero-order chi connectivity index (χ0) is 32.3. The topological polar surface area (TPSA) is 54.3 Å². The molecule has 0 saturated carbocycles. The van der Waals surface area contributed by atoms with E-state index in [0.29, 0.717) is 30.9 Å². The maximum absolute atomic E-state index is 14.2. The van der Waals surface area contributed by atoms with Gasteiger partial charge >= 0.3 is 0 Å². The third-order valence-corrected chi connectivity index (χ3v) is 9.26. The van der Waals surface area contributed by atoms with E-state index in [9.17, 15) is 9.59 Å². The minimum Gasteiger partial charge on any atom is -0.350 e.